The van der Waals surface area contributed by atoms with Crippen LogP contribution in [0.25, 0.3) is 0 Å². The van der Waals surface area contributed by atoms with E-state index >= 15 is 0 Å². The van der Waals surface area contributed by atoms with E-state index in [-0.39, 0.29) is 18.6 Å². The molecule has 5 nitrogen and oxygen atoms in total. The number of benzene rings is 1. The van der Waals surface area contributed by atoms with Gasteiger partial charge in [0.25, 0.3) is 5.91 Å². The zero-order valence-electron chi connectivity index (χ0n) is 13.1. The second kappa shape index (κ2) is 7.75. The Morgan fingerprint density at radius 2 is 2.09 bits per heavy atom. The van der Waals surface area contributed by atoms with Crippen LogP contribution in [0.15, 0.2) is 36.5 Å². The van der Waals surface area contributed by atoms with Gasteiger partial charge in [0.2, 0.25) is 0 Å². The number of carbonyl (C=O) groups excluding carboxylic acids is 1. The van der Waals surface area contributed by atoms with E-state index in [0.717, 1.165) is 24.1 Å². The van der Waals surface area contributed by atoms with Gasteiger partial charge in [-0.05, 0) is 18.9 Å². The quantitative estimate of drug-likeness (QED) is 0.822. The maximum absolute atomic E-state index is 12.3. The number of hydrogen-bond donors (Lipinski definition) is 2. The molecule has 0 aliphatic heterocycles. The van der Waals surface area contributed by atoms with Crippen LogP contribution >= 0.6 is 0 Å². The number of aromatic nitrogens is 2. The molecule has 1 aromatic carbocycles. The third-order valence-electron chi connectivity index (χ3n) is 3.51. The van der Waals surface area contributed by atoms with Gasteiger partial charge in [0.05, 0.1) is 30.6 Å². The number of hydrogen-bond acceptors (Lipinski definition) is 3. The van der Waals surface area contributed by atoms with Crippen LogP contribution in [0.2, 0.25) is 0 Å². The SMILES string of the molecule is CCCc1c(C(=O)NC(C)CO)cnn1Cc1ccccc1. The third kappa shape index (κ3) is 3.95. The number of nitrogens with zero attached hydrogens (tertiary/aromatic N) is 2. The first-order valence-electron chi connectivity index (χ1n) is 7.66. The van der Waals surface area contributed by atoms with Crippen LogP contribution in [0.3, 0.4) is 0 Å². The average molecular weight is 301 g/mol. The van der Waals surface area contributed by atoms with Crippen LogP contribution in [0.1, 0.15) is 41.9 Å². The van der Waals surface area contributed by atoms with Crippen molar-refractivity contribution in [3.8, 4) is 0 Å². The molecule has 2 N–H and O–H groups in total. The Morgan fingerprint density at radius 1 is 1.36 bits per heavy atom. The molecule has 1 atom stereocenters. The Bertz CT molecular complexity index is 608. The van der Waals surface area contributed by atoms with E-state index in [1.54, 1.807) is 13.1 Å². The summed E-state index contributed by atoms with van der Waals surface area (Å²) in [6.45, 7) is 4.43. The highest BCUT2D eigenvalue weighted by atomic mass is 16.3. The van der Waals surface area contributed by atoms with Crippen LogP contribution in [-0.2, 0) is 13.0 Å². The Kier molecular flexibility index (Phi) is 5.72. The van der Waals surface area contributed by atoms with Gasteiger partial charge in [0, 0.05) is 6.04 Å². The summed E-state index contributed by atoms with van der Waals surface area (Å²) in [6, 6.07) is 9.80. The normalized spacial score (nSPS) is 12.1. The molecule has 1 heterocycles. The second-order valence-corrected chi connectivity index (χ2v) is 5.46. The van der Waals surface area contributed by atoms with Gasteiger partial charge >= 0.3 is 0 Å². The molecule has 1 unspecified atom stereocenters. The summed E-state index contributed by atoms with van der Waals surface area (Å²) in [5, 5.41) is 16.2. The van der Waals surface area contributed by atoms with Crippen LogP contribution in [0, 0.1) is 0 Å². The first-order chi connectivity index (χ1) is 10.7. The lowest BCUT2D eigenvalue weighted by Crippen LogP contribution is -2.35. The van der Waals surface area contributed by atoms with Crippen molar-refractivity contribution >= 4 is 5.91 Å². The number of carbonyl (C=O) groups is 1. The summed E-state index contributed by atoms with van der Waals surface area (Å²) < 4.78 is 1.89. The zero-order chi connectivity index (χ0) is 15.9. The maximum Gasteiger partial charge on any atom is 0.255 e. The smallest absolute Gasteiger partial charge is 0.255 e. The van der Waals surface area contributed by atoms with E-state index in [2.05, 4.69) is 17.3 Å². The number of aliphatic hydroxyl groups excluding tert-OH is 1. The van der Waals surface area contributed by atoms with Crippen molar-refractivity contribution in [2.45, 2.75) is 39.3 Å². The van der Waals surface area contributed by atoms with Gasteiger partial charge in [-0.2, -0.15) is 5.10 Å². The molecule has 0 fully saturated rings. The minimum Gasteiger partial charge on any atom is -0.394 e. The summed E-state index contributed by atoms with van der Waals surface area (Å²) in [6.07, 6.45) is 3.35. The lowest BCUT2D eigenvalue weighted by Gasteiger charge is -2.12. The lowest BCUT2D eigenvalue weighted by molar-refractivity contribution is 0.0921. The second-order valence-electron chi connectivity index (χ2n) is 5.46. The molecule has 0 bridgehead atoms. The van der Waals surface area contributed by atoms with Gasteiger partial charge in [-0.15, -0.1) is 0 Å². The summed E-state index contributed by atoms with van der Waals surface area (Å²) >= 11 is 0. The molecule has 5 heteroatoms. The average Bonchev–Trinajstić information content (AvgIpc) is 2.91. The molecular formula is C17H23N3O2. The van der Waals surface area contributed by atoms with E-state index < -0.39 is 0 Å². The molecule has 22 heavy (non-hydrogen) atoms. The Morgan fingerprint density at radius 3 is 2.73 bits per heavy atom. The Labute approximate surface area is 131 Å². The Hall–Kier alpha value is -2.14. The fourth-order valence-corrected chi connectivity index (χ4v) is 2.34. The van der Waals surface area contributed by atoms with Crippen molar-refractivity contribution in [2.24, 2.45) is 0 Å². The molecule has 2 rings (SSSR count). The van der Waals surface area contributed by atoms with E-state index in [4.69, 9.17) is 5.11 Å². The fourth-order valence-electron chi connectivity index (χ4n) is 2.34. The molecule has 0 aliphatic carbocycles. The summed E-state index contributed by atoms with van der Waals surface area (Å²) in [4.78, 5) is 12.3. The molecule has 0 saturated heterocycles. The van der Waals surface area contributed by atoms with Crippen molar-refractivity contribution in [3.63, 3.8) is 0 Å². The first kappa shape index (κ1) is 16.2. The van der Waals surface area contributed by atoms with Gasteiger partial charge in [0.1, 0.15) is 0 Å². The zero-order valence-corrected chi connectivity index (χ0v) is 13.1. The monoisotopic (exact) mass is 301 g/mol. The molecule has 0 radical (unpaired) electrons. The molecule has 0 saturated carbocycles. The van der Waals surface area contributed by atoms with Gasteiger partial charge < -0.3 is 10.4 Å². The Balaban J connectivity index is 2.23. The van der Waals surface area contributed by atoms with Crippen LogP contribution in [-0.4, -0.2) is 33.4 Å². The summed E-state index contributed by atoms with van der Waals surface area (Å²) in [7, 11) is 0. The van der Waals surface area contributed by atoms with Crippen molar-refractivity contribution in [1.82, 2.24) is 15.1 Å². The molecule has 0 aliphatic rings. The van der Waals surface area contributed by atoms with Gasteiger partial charge in [0.15, 0.2) is 0 Å². The van der Waals surface area contributed by atoms with E-state index in [0.29, 0.717) is 12.1 Å². The number of rotatable bonds is 7. The maximum atomic E-state index is 12.3. The van der Waals surface area contributed by atoms with Crippen LogP contribution in [0.5, 0.6) is 0 Å². The molecule has 118 valence electrons. The standard InChI is InChI=1S/C17H23N3O2/c1-3-7-16-15(17(22)19-13(2)12-21)10-18-20(16)11-14-8-5-4-6-9-14/h4-6,8-10,13,21H,3,7,11-12H2,1-2H3,(H,19,22). The van der Waals surface area contributed by atoms with Crippen molar-refractivity contribution < 1.29 is 9.90 Å². The predicted molar refractivity (Wildman–Crippen MR) is 85.8 cm³/mol. The largest absolute Gasteiger partial charge is 0.394 e. The highest BCUT2D eigenvalue weighted by Gasteiger charge is 2.18. The van der Waals surface area contributed by atoms with Gasteiger partial charge in [-0.1, -0.05) is 43.7 Å². The number of aliphatic hydroxyl groups is 1. The van der Waals surface area contributed by atoms with Crippen LogP contribution < -0.4 is 5.32 Å². The minimum absolute atomic E-state index is 0.0764. The molecule has 2 aromatic rings. The summed E-state index contributed by atoms with van der Waals surface area (Å²) in [5.74, 6) is -0.177. The van der Waals surface area contributed by atoms with Crippen molar-refractivity contribution in [3.05, 3.63) is 53.3 Å². The molecule has 1 aromatic heterocycles. The first-order valence-corrected chi connectivity index (χ1v) is 7.66. The topological polar surface area (TPSA) is 67.2 Å². The lowest BCUT2D eigenvalue weighted by atomic mass is 10.1. The molecular weight excluding hydrogens is 278 g/mol. The van der Waals surface area contributed by atoms with E-state index in [9.17, 15) is 4.79 Å². The fraction of sp³-hybridized carbons (Fsp3) is 0.412. The predicted octanol–water partition coefficient (Wildman–Crippen LogP) is 1.99. The highest BCUT2D eigenvalue weighted by Crippen LogP contribution is 2.14. The van der Waals surface area contributed by atoms with Gasteiger partial charge in [-0.25, -0.2) is 0 Å². The highest BCUT2D eigenvalue weighted by molar-refractivity contribution is 5.95. The summed E-state index contributed by atoms with van der Waals surface area (Å²) in [5.41, 5.74) is 2.69. The number of amides is 1. The van der Waals surface area contributed by atoms with E-state index in [1.165, 1.54) is 0 Å². The number of nitrogens with one attached hydrogen (secondary N) is 1. The molecule has 0 spiro atoms. The van der Waals surface area contributed by atoms with Gasteiger partial charge in [-0.3, -0.25) is 9.48 Å². The minimum atomic E-state index is -0.264. The molecule has 1 amide bonds. The van der Waals surface area contributed by atoms with E-state index in [1.807, 2.05) is 35.0 Å². The van der Waals surface area contributed by atoms with Crippen LogP contribution in [0.4, 0.5) is 0 Å². The van der Waals surface area contributed by atoms with Crippen molar-refractivity contribution in [1.29, 1.82) is 0 Å². The third-order valence-corrected chi connectivity index (χ3v) is 3.51. The van der Waals surface area contributed by atoms with Crippen molar-refractivity contribution in [2.75, 3.05) is 6.61 Å².